The molecule has 0 N–H and O–H groups in total. The lowest BCUT2D eigenvalue weighted by molar-refractivity contribution is 0.0447. The molecule has 1 atom stereocenters. The van der Waals surface area contributed by atoms with Crippen LogP contribution in [0.25, 0.3) is 10.8 Å². The minimum absolute atomic E-state index is 0.275. The third-order valence-electron chi connectivity index (χ3n) is 6.59. The third-order valence-corrected chi connectivity index (χ3v) is 6.59. The molecule has 0 aliphatic rings. The van der Waals surface area contributed by atoms with Gasteiger partial charge in [0.15, 0.2) is 0 Å². The number of fused-ring (bicyclic) bond motifs is 1. The Labute approximate surface area is 217 Å². The van der Waals surface area contributed by atoms with Gasteiger partial charge in [-0.25, -0.2) is 4.79 Å². The molecule has 0 saturated heterocycles. The molecule has 0 unspecified atom stereocenters. The standard InChI is InChI=1S/C32H42O4/c1-4-6-7-8-9-10-11-20-34-30-18-16-29-22-31(19-17-28(29)21-30)35-24-26-12-14-27(15-13-26)32(33)36-23-25(3)5-2/h12-19,21-22,25H,4-11,20,23-24H2,1-3H3/t25-/m1/s1. The van der Waals surface area contributed by atoms with Crippen LogP contribution in [-0.4, -0.2) is 19.2 Å². The lowest BCUT2D eigenvalue weighted by Gasteiger charge is -2.11. The number of carbonyl (C=O) groups is 1. The van der Waals surface area contributed by atoms with Crippen LogP contribution in [0.2, 0.25) is 0 Å². The Morgan fingerprint density at radius 2 is 1.36 bits per heavy atom. The van der Waals surface area contributed by atoms with Crippen molar-refractivity contribution in [1.82, 2.24) is 0 Å². The second kappa shape index (κ2) is 15.2. The van der Waals surface area contributed by atoms with Crippen LogP contribution in [0.5, 0.6) is 11.5 Å². The highest BCUT2D eigenvalue weighted by atomic mass is 16.5. The zero-order valence-corrected chi connectivity index (χ0v) is 22.3. The van der Waals surface area contributed by atoms with Crippen molar-refractivity contribution in [3.05, 3.63) is 71.8 Å². The second-order valence-corrected chi connectivity index (χ2v) is 9.74. The summed E-state index contributed by atoms with van der Waals surface area (Å²) < 4.78 is 17.3. The SMILES string of the molecule is CCCCCCCCCOc1ccc2cc(OCc3ccc(C(=O)OC[C@H](C)CC)cc3)ccc2c1. The van der Waals surface area contributed by atoms with E-state index >= 15 is 0 Å². The van der Waals surface area contributed by atoms with Gasteiger partial charge in [0, 0.05) is 0 Å². The summed E-state index contributed by atoms with van der Waals surface area (Å²) in [7, 11) is 0. The number of carbonyl (C=O) groups excluding carboxylic acids is 1. The third kappa shape index (κ3) is 9.22. The van der Waals surface area contributed by atoms with E-state index in [1.807, 2.05) is 24.3 Å². The van der Waals surface area contributed by atoms with Crippen molar-refractivity contribution >= 4 is 16.7 Å². The first kappa shape index (κ1) is 27.6. The minimum Gasteiger partial charge on any atom is -0.494 e. The maximum atomic E-state index is 12.2. The van der Waals surface area contributed by atoms with Crippen molar-refractivity contribution in [3.63, 3.8) is 0 Å². The van der Waals surface area contributed by atoms with E-state index in [0.29, 0.717) is 24.7 Å². The van der Waals surface area contributed by atoms with Crippen molar-refractivity contribution < 1.29 is 19.0 Å². The maximum Gasteiger partial charge on any atom is 0.338 e. The Bertz CT molecular complexity index is 1060. The monoisotopic (exact) mass is 490 g/mol. The molecular formula is C32H42O4. The van der Waals surface area contributed by atoms with Crippen LogP contribution < -0.4 is 9.47 Å². The zero-order chi connectivity index (χ0) is 25.6. The van der Waals surface area contributed by atoms with E-state index in [4.69, 9.17) is 14.2 Å². The predicted molar refractivity (Wildman–Crippen MR) is 148 cm³/mol. The molecule has 4 nitrogen and oxygen atoms in total. The Morgan fingerprint density at radius 1 is 0.750 bits per heavy atom. The summed E-state index contributed by atoms with van der Waals surface area (Å²) in [5.41, 5.74) is 1.57. The van der Waals surface area contributed by atoms with Gasteiger partial charge in [0.05, 0.1) is 18.8 Å². The van der Waals surface area contributed by atoms with Gasteiger partial charge in [-0.05, 0) is 65.1 Å². The predicted octanol–water partition coefficient (Wildman–Crippen LogP) is 8.75. The van der Waals surface area contributed by atoms with E-state index in [1.54, 1.807) is 12.1 Å². The molecule has 0 radical (unpaired) electrons. The van der Waals surface area contributed by atoms with Crippen molar-refractivity contribution in [1.29, 1.82) is 0 Å². The summed E-state index contributed by atoms with van der Waals surface area (Å²) in [5.74, 6) is 1.84. The smallest absolute Gasteiger partial charge is 0.338 e. The first-order valence-corrected chi connectivity index (χ1v) is 13.6. The maximum absolute atomic E-state index is 12.2. The molecule has 0 aliphatic carbocycles. The van der Waals surface area contributed by atoms with Crippen LogP contribution in [0, 0.1) is 5.92 Å². The summed E-state index contributed by atoms with van der Waals surface area (Å²) in [6, 6.07) is 19.7. The number of hydrogen-bond acceptors (Lipinski definition) is 4. The van der Waals surface area contributed by atoms with Gasteiger partial charge in [-0.15, -0.1) is 0 Å². The van der Waals surface area contributed by atoms with Crippen LogP contribution in [0.3, 0.4) is 0 Å². The van der Waals surface area contributed by atoms with E-state index in [2.05, 4.69) is 45.0 Å². The Morgan fingerprint density at radius 3 is 2.00 bits per heavy atom. The molecule has 3 rings (SSSR count). The van der Waals surface area contributed by atoms with Gasteiger partial charge in [0.1, 0.15) is 18.1 Å². The summed E-state index contributed by atoms with van der Waals surface area (Å²) >= 11 is 0. The Kier molecular flexibility index (Phi) is 11.6. The normalized spacial score (nSPS) is 11.9. The molecule has 0 fully saturated rings. The molecule has 0 amide bonds. The fourth-order valence-corrected chi connectivity index (χ4v) is 3.95. The van der Waals surface area contributed by atoms with E-state index in [-0.39, 0.29) is 5.97 Å². The Hall–Kier alpha value is -3.01. The Balaban J connectivity index is 1.44. The average molecular weight is 491 g/mol. The fraction of sp³-hybridized carbons (Fsp3) is 0.469. The highest BCUT2D eigenvalue weighted by molar-refractivity contribution is 5.89. The molecule has 0 bridgehead atoms. The van der Waals surface area contributed by atoms with Gasteiger partial charge < -0.3 is 14.2 Å². The van der Waals surface area contributed by atoms with Gasteiger partial charge >= 0.3 is 5.97 Å². The molecule has 0 aromatic heterocycles. The van der Waals surface area contributed by atoms with Crippen molar-refractivity contribution in [3.8, 4) is 11.5 Å². The summed E-state index contributed by atoms with van der Waals surface area (Å²) in [5, 5.41) is 2.26. The van der Waals surface area contributed by atoms with Crippen molar-refractivity contribution in [2.24, 2.45) is 5.92 Å². The molecule has 0 heterocycles. The van der Waals surface area contributed by atoms with Gasteiger partial charge in [-0.2, -0.15) is 0 Å². The molecule has 3 aromatic rings. The molecule has 4 heteroatoms. The lowest BCUT2D eigenvalue weighted by Crippen LogP contribution is -2.11. The minimum atomic E-state index is -0.275. The van der Waals surface area contributed by atoms with Gasteiger partial charge in [-0.3, -0.25) is 0 Å². The molecular weight excluding hydrogens is 448 g/mol. The summed E-state index contributed by atoms with van der Waals surface area (Å²) in [4.78, 5) is 12.2. The van der Waals surface area contributed by atoms with E-state index in [0.717, 1.165) is 47.3 Å². The molecule has 36 heavy (non-hydrogen) atoms. The number of unbranched alkanes of at least 4 members (excludes halogenated alkanes) is 6. The largest absolute Gasteiger partial charge is 0.494 e. The van der Waals surface area contributed by atoms with E-state index < -0.39 is 0 Å². The summed E-state index contributed by atoms with van der Waals surface area (Å²) in [6.45, 7) is 8.08. The van der Waals surface area contributed by atoms with Crippen LogP contribution in [-0.2, 0) is 11.3 Å². The van der Waals surface area contributed by atoms with Crippen LogP contribution in [0.15, 0.2) is 60.7 Å². The number of ether oxygens (including phenoxy) is 3. The van der Waals surface area contributed by atoms with Gasteiger partial charge in [-0.1, -0.05) is 90.0 Å². The molecule has 0 spiro atoms. The second-order valence-electron chi connectivity index (χ2n) is 9.74. The number of benzene rings is 3. The first-order valence-electron chi connectivity index (χ1n) is 13.6. The van der Waals surface area contributed by atoms with Gasteiger partial charge in [0.2, 0.25) is 0 Å². The number of rotatable bonds is 16. The van der Waals surface area contributed by atoms with Crippen LogP contribution in [0.1, 0.15) is 88.1 Å². The number of hydrogen-bond donors (Lipinski definition) is 0. The molecule has 0 aliphatic heterocycles. The molecule has 3 aromatic carbocycles. The highest BCUT2D eigenvalue weighted by Crippen LogP contribution is 2.26. The topological polar surface area (TPSA) is 44.8 Å². The lowest BCUT2D eigenvalue weighted by atomic mass is 10.1. The highest BCUT2D eigenvalue weighted by Gasteiger charge is 2.09. The van der Waals surface area contributed by atoms with E-state index in [9.17, 15) is 4.79 Å². The fourth-order valence-electron chi connectivity index (χ4n) is 3.95. The van der Waals surface area contributed by atoms with Crippen molar-refractivity contribution in [2.75, 3.05) is 13.2 Å². The van der Waals surface area contributed by atoms with E-state index in [1.165, 1.54) is 38.5 Å². The first-order chi connectivity index (χ1) is 17.6. The molecule has 194 valence electrons. The van der Waals surface area contributed by atoms with Gasteiger partial charge in [0.25, 0.3) is 0 Å². The number of esters is 1. The summed E-state index contributed by atoms with van der Waals surface area (Å²) in [6.07, 6.45) is 9.99. The van der Waals surface area contributed by atoms with Crippen LogP contribution >= 0.6 is 0 Å². The van der Waals surface area contributed by atoms with Crippen molar-refractivity contribution in [2.45, 2.75) is 78.7 Å². The van der Waals surface area contributed by atoms with Crippen LogP contribution in [0.4, 0.5) is 0 Å². The average Bonchev–Trinajstić information content (AvgIpc) is 2.92. The molecule has 0 saturated carbocycles. The zero-order valence-electron chi connectivity index (χ0n) is 22.3. The quantitative estimate of drug-likeness (QED) is 0.149.